The summed E-state index contributed by atoms with van der Waals surface area (Å²) in [6, 6.07) is 0. The van der Waals surface area contributed by atoms with Gasteiger partial charge in [-0.15, -0.1) is 60.4 Å². The Kier molecular flexibility index (Phi) is 32.7. The van der Waals surface area contributed by atoms with Gasteiger partial charge in [0.15, 0.2) is 4.84 Å². The second kappa shape index (κ2) is 12.3. The Hall–Kier alpha value is 2.32. The fourth-order valence-corrected chi connectivity index (χ4v) is 0. The molecule has 0 aromatic heterocycles. The van der Waals surface area contributed by atoms with Crippen molar-refractivity contribution in [1.29, 1.82) is 0 Å². The van der Waals surface area contributed by atoms with Crippen molar-refractivity contribution in [3.05, 3.63) is 0 Å². The number of hydrogen-bond acceptors (Lipinski definition) is 0. The summed E-state index contributed by atoms with van der Waals surface area (Å²) in [5, 5.41) is 0. The summed E-state index contributed by atoms with van der Waals surface area (Å²) in [4.78, 5) is -0.961. The second-order valence-electron chi connectivity index (χ2n) is 0.842. The number of alkyl halides is 5. The normalized spacial score (nSPS) is 8.18. The molecule has 0 aromatic carbocycles. The maximum atomic E-state index is 5.14. The third-order valence-corrected chi connectivity index (χ3v) is 2.23. The van der Waals surface area contributed by atoms with Crippen LogP contribution in [0.15, 0.2) is 0 Å². The summed E-state index contributed by atoms with van der Waals surface area (Å²) in [7, 11) is 0. The third-order valence-electron chi connectivity index (χ3n) is 0.247. The van der Waals surface area contributed by atoms with E-state index in [-0.39, 0.29) is 44.6 Å². The van der Waals surface area contributed by atoms with Crippen molar-refractivity contribution in [2.24, 2.45) is 0 Å². The molecule has 0 N–H and O–H groups in total. The second-order valence-corrected chi connectivity index (χ2v) is 4.31. The summed E-state index contributed by atoms with van der Waals surface area (Å²) in [6.45, 7) is 0. The van der Waals surface area contributed by atoms with E-state index in [2.05, 4.69) is 0 Å². The molecule has 8 heteroatoms. The number of rotatable bonds is 0. The Bertz CT molecular complexity index is 54.8. The van der Waals surface area contributed by atoms with Crippen LogP contribution in [0.5, 0.6) is 0 Å². The summed E-state index contributed by atoms with van der Waals surface area (Å²) in [5.41, 5.74) is 0. The minimum absolute atomic E-state index is 0. The molecular weight excluding hydrogens is 320 g/mol. The van der Waals surface area contributed by atoms with Crippen molar-refractivity contribution in [1.82, 2.24) is 0 Å². The molecule has 0 spiro atoms. The Balaban J connectivity index is -0.0000000300. The van der Waals surface area contributed by atoms with Crippen molar-refractivity contribution in [2.45, 2.75) is 16.1 Å². The van der Waals surface area contributed by atoms with Crippen LogP contribution in [0.1, 0.15) is 7.43 Å². The molecule has 0 unspecified atom stereocenters. The summed E-state index contributed by atoms with van der Waals surface area (Å²) in [6.07, 6.45) is 0. The molecule has 0 bridgehead atoms. The van der Waals surface area contributed by atoms with Crippen LogP contribution >= 0.6 is 95.2 Å². The summed E-state index contributed by atoms with van der Waals surface area (Å²) < 4.78 is -1.55. The van der Waals surface area contributed by atoms with Gasteiger partial charge in [-0.05, 0) is 0 Å². The predicted octanol–water partition coefficient (Wildman–Crippen LogP) is 5.06. The first-order valence-corrected chi connectivity index (χ1v) is 3.30. The molecule has 0 amide bonds. The zero-order chi connectivity index (χ0) is 6.08. The molecule has 0 aliphatic rings. The van der Waals surface area contributed by atoms with E-state index in [4.69, 9.17) is 58.0 Å². The van der Waals surface area contributed by atoms with Crippen LogP contribution < -0.4 is 0 Å². The largest absolute Gasteiger partial charge is 0.220 e. The van der Waals surface area contributed by atoms with E-state index in [1.54, 1.807) is 0 Å². The van der Waals surface area contributed by atoms with E-state index in [1.807, 2.05) is 0 Å². The maximum Gasteiger partial charge on any atom is 0.220 e. The van der Waals surface area contributed by atoms with E-state index in [0.29, 0.717) is 0 Å². The van der Waals surface area contributed by atoms with Crippen LogP contribution in [0.25, 0.3) is 0 Å². The molecule has 11 heavy (non-hydrogen) atoms. The summed E-state index contributed by atoms with van der Waals surface area (Å²) >= 11 is 25.7. The molecule has 0 aromatic rings. The van der Waals surface area contributed by atoms with Crippen molar-refractivity contribution in [2.75, 3.05) is 0 Å². The van der Waals surface area contributed by atoms with E-state index >= 15 is 0 Å². The molecule has 0 heterocycles. The van der Waals surface area contributed by atoms with E-state index in [0.717, 1.165) is 0 Å². The average Bonchev–Trinajstić information content (AvgIpc) is 1.31. The first-order valence-electron chi connectivity index (χ1n) is 1.29. The first kappa shape index (κ1) is 29.2. The van der Waals surface area contributed by atoms with Gasteiger partial charge in [0.25, 0.3) is 0 Å². The smallest absolute Gasteiger partial charge is 0.147 e. The molecule has 76 valence electrons. The average molecular weight is 328 g/mol. The highest BCUT2D eigenvalue weighted by Crippen LogP contribution is 2.35. The highest BCUT2D eigenvalue weighted by Gasteiger charge is 2.28. The highest BCUT2D eigenvalue weighted by atomic mass is 35.6. The minimum Gasteiger partial charge on any atom is -0.147 e. The van der Waals surface area contributed by atoms with Crippen LogP contribution in [0.2, 0.25) is 0 Å². The van der Waals surface area contributed by atoms with Gasteiger partial charge >= 0.3 is 0 Å². The van der Waals surface area contributed by atoms with E-state index in [1.165, 1.54) is 0 Å². The fraction of sp³-hybridized carbons (Fsp3) is 1.00. The standard InChI is InChI=1S/C2HCl5.CH4.3ClH/c3-1(4)2(5,6)7;;;;/h1H;1H4;3*1H. The predicted molar refractivity (Wildman–Crippen MR) is 64.3 cm³/mol. The van der Waals surface area contributed by atoms with Crippen molar-refractivity contribution in [3.63, 3.8) is 0 Å². The quantitative estimate of drug-likeness (QED) is 0.545. The van der Waals surface area contributed by atoms with Gasteiger partial charge in [0, 0.05) is 0 Å². The molecule has 0 rings (SSSR count). The Morgan fingerprint density at radius 3 is 0.909 bits per heavy atom. The van der Waals surface area contributed by atoms with Gasteiger partial charge in [0.1, 0.15) is 0 Å². The molecule has 0 saturated heterocycles. The summed E-state index contributed by atoms with van der Waals surface area (Å²) in [5.74, 6) is 0. The number of halogens is 8. The topological polar surface area (TPSA) is 0 Å². The fourth-order valence-electron chi connectivity index (χ4n) is 0. The van der Waals surface area contributed by atoms with Gasteiger partial charge in [-0.25, -0.2) is 0 Å². The lowest BCUT2D eigenvalue weighted by atomic mass is 10.9. The zero-order valence-electron chi connectivity index (χ0n) is 4.19. The molecule has 0 aliphatic carbocycles. The van der Waals surface area contributed by atoms with Crippen LogP contribution in [0, 0.1) is 0 Å². The molecule has 0 fully saturated rings. The van der Waals surface area contributed by atoms with Gasteiger partial charge in [0.05, 0.1) is 0 Å². The minimum atomic E-state index is -1.55. The first-order chi connectivity index (χ1) is 2.94. The van der Waals surface area contributed by atoms with Crippen LogP contribution in [0.4, 0.5) is 0 Å². The van der Waals surface area contributed by atoms with Gasteiger partial charge in [-0.2, -0.15) is 0 Å². The lowest BCUT2D eigenvalue weighted by Crippen LogP contribution is -2.11. The van der Waals surface area contributed by atoms with Crippen LogP contribution in [-0.4, -0.2) is 8.63 Å². The van der Waals surface area contributed by atoms with Crippen molar-refractivity contribution < 1.29 is 0 Å². The van der Waals surface area contributed by atoms with Crippen molar-refractivity contribution >= 4 is 95.2 Å². The number of hydrogen-bond donors (Lipinski definition) is 0. The van der Waals surface area contributed by atoms with Gasteiger partial charge < -0.3 is 0 Å². The SMILES string of the molecule is C.Cl.Cl.Cl.ClC(Cl)C(Cl)(Cl)Cl. The maximum absolute atomic E-state index is 5.14. The van der Waals surface area contributed by atoms with Gasteiger partial charge in [0.2, 0.25) is 3.79 Å². The molecule has 0 atom stereocenters. The molecule has 0 radical (unpaired) electrons. The Morgan fingerprint density at radius 1 is 0.818 bits per heavy atom. The van der Waals surface area contributed by atoms with Crippen LogP contribution in [0.3, 0.4) is 0 Å². The third kappa shape index (κ3) is 19.0. The molecular formula is C3H8Cl8. The van der Waals surface area contributed by atoms with Crippen molar-refractivity contribution in [3.8, 4) is 0 Å². The molecule has 0 aliphatic heterocycles. The van der Waals surface area contributed by atoms with Gasteiger partial charge in [-0.3, -0.25) is 0 Å². The highest BCUT2D eigenvalue weighted by molar-refractivity contribution is 6.73. The molecule has 0 nitrogen and oxygen atoms in total. The van der Waals surface area contributed by atoms with E-state index < -0.39 is 8.63 Å². The lowest BCUT2D eigenvalue weighted by molar-refractivity contribution is 1.19. The van der Waals surface area contributed by atoms with Crippen LogP contribution in [-0.2, 0) is 0 Å². The monoisotopic (exact) mass is 324 g/mol. The Labute approximate surface area is 110 Å². The zero-order valence-corrected chi connectivity index (χ0v) is 10.4. The van der Waals surface area contributed by atoms with E-state index in [9.17, 15) is 0 Å². The van der Waals surface area contributed by atoms with Gasteiger partial charge in [-0.1, -0.05) is 42.2 Å². The Morgan fingerprint density at radius 2 is 0.909 bits per heavy atom. The molecule has 0 saturated carbocycles. The lowest BCUT2D eigenvalue weighted by Gasteiger charge is -2.09.